The van der Waals surface area contributed by atoms with Crippen molar-refractivity contribution in [2.75, 3.05) is 17.2 Å². The third-order valence-corrected chi connectivity index (χ3v) is 3.90. The predicted octanol–water partition coefficient (Wildman–Crippen LogP) is 3.12. The molecule has 0 fully saturated rings. The van der Waals surface area contributed by atoms with Gasteiger partial charge in [0.05, 0.1) is 5.69 Å². The first-order valence-corrected chi connectivity index (χ1v) is 7.21. The Morgan fingerprint density at radius 3 is 2.95 bits per heavy atom. The zero-order chi connectivity index (χ0) is 14.1. The van der Waals surface area contributed by atoms with Gasteiger partial charge in [-0.2, -0.15) is 0 Å². The Morgan fingerprint density at radius 1 is 1.40 bits per heavy atom. The van der Waals surface area contributed by atoms with Crippen molar-refractivity contribution in [1.82, 2.24) is 0 Å². The van der Waals surface area contributed by atoms with Crippen molar-refractivity contribution in [3.63, 3.8) is 0 Å². The summed E-state index contributed by atoms with van der Waals surface area (Å²) in [5.41, 5.74) is 7.16. The van der Waals surface area contributed by atoms with Crippen molar-refractivity contribution in [3.05, 3.63) is 46.3 Å². The van der Waals surface area contributed by atoms with Crippen molar-refractivity contribution >= 4 is 34.7 Å². The smallest absolute Gasteiger partial charge is 0.294 e. The molecule has 1 aromatic carbocycles. The van der Waals surface area contributed by atoms with E-state index in [1.54, 1.807) is 34.4 Å². The van der Waals surface area contributed by atoms with Gasteiger partial charge in [0.1, 0.15) is 0 Å². The van der Waals surface area contributed by atoms with Crippen LogP contribution in [0.4, 0.5) is 11.4 Å². The summed E-state index contributed by atoms with van der Waals surface area (Å²) in [4.78, 5) is 15.1. The third kappa shape index (κ3) is 2.16. The molecule has 2 heterocycles. The first-order chi connectivity index (χ1) is 9.69. The van der Waals surface area contributed by atoms with Gasteiger partial charge in [-0.05, 0) is 30.5 Å². The van der Waals surface area contributed by atoms with Crippen molar-refractivity contribution in [2.45, 2.75) is 6.92 Å². The second kappa shape index (κ2) is 5.02. The Morgan fingerprint density at radius 2 is 2.25 bits per heavy atom. The molecule has 1 amide bonds. The number of nitrogen functional groups attached to an aromatic ring is 1. The number of likely N-dealkylation sites (N-methyl/N-ethyl adjacent to an activating group) is 1. The van der Waals surface area contributed by atoms with Crippen LogP contribution in [0.1, 0.15) is 11.8 Å². The first kappa shape index (κ1) is 12.7. The van der Waals surface area contributed by atoms with Gasteiger partial charge >= 0.3 is 0 Å². The molecule has 0 saturated heterocycles. The molecule has 0 unspecified atom stereocenters. The number of rotatable bonds is 2. The van der Waals surface area contributed by atoms with E-state index in [0.29, 0.717) is 23.7 Å². The fourth-order valence-electron chi connectivity index (χ4n) is 2.15. The molecule has 2 aromatic rings. The predicted molar refractivity (Wildman–Crippen MR) is 81.8 cm³/mol. The molecule has 4 nitrogen and oxygen atoms in total. The lowest BCUT2D eigenvalue weighted by Gasteiger charge is -2.29. The number of benzene rings is 1. The second-order valence-electron chi connectivity index (χ2n) is 4.40. The van der Waals surface area contributed by atoms with Crippen LogP contribution in [0.3, 0.4) is 0 Å². The van der Waals surface area contributed by atoms with Crippen LogP contribution in [-0.4, -0.2) is 12.5 Å². The number of nitrogens with zero attached hydrogens (tertiary/aromatic N) is 1. The average Bonchev–Trinajstić information content (AvgIpc) is 2.93. The van der Waals surface area contributed by atoms with E-state index in [1.807, 2.05) is 30.5 Å². The minimum absolute atomic E-state index is 0.127. The lowest BCUT2D eigenvalue weighted by atomic mass is 10.2. The summed E-state index contributed by atoms with van der Waals surface area (Å²) in [5.74, 6) is 0.819. The zero-order valence-electron chi connectivity index (χ0n) is 11.0. The summed E-state index contributed by atoms with van der Waals surface area (Å²) >= 11 is 1.56. The highest BCUT2D eigenvalue weighted by Gasteiger charge is 2.29. The summed E-state index contributed by atoms with van der Waals surface area (Å²) in [6.07, 6.45) is 1.77. The fourth-order valence-corrected chi connectivity index (χ4v) is 2.79. The van der Waals surface area contributed by atoms with Crippen LogP contribution in [0.5, 0.6) is 5.75 Å². The Kier molecular flexibility index (Phi) is 3.20. The van der Waals surface area contributed by atoms with Crippen LogP contribution in [0.15, 0.2) is 41.5 Å². The van der Waals surface area contributed by atoms with Crippen molar-refractivity contribution in [1.29, 1.82) is 0 Å². The molecule has 20 heavy (non-hydrogen) atoms. The van der Waals surface area contributed by atoms with Crippen LogP contribution in [-0.2, 0) is 4.79 Å². The van der Waals surface area contributed by atoms with E-state index in [9.17, 15) is 4.79 Å². The van der Waals surface area contributed by atoms with Crippen molar-refractivity contribution in [3.8, 4) is 5.75 Å². The lowest BCUT2D eigenvalue weighted by Crippen LogP contribution is -2.37. The van der Waals surface area contributed by atoms with E-state index in [-0.39, 0.29) is 5.91 Å². The zero-order valence-corrected chi connectivity index (χ0v) is 11.8. The number of anilines is 2. The van der Waals surface area contributed by atoms with E-state index < -0.39 is 0 Å². The summed E-state index contributed by atoms with van der Waals surface area (Å²) in [6.45, 7) is 2.52. The molecule has 2 N–H and O–H groups in total. The lowest BCUT2D eigenvalue weighted by molar-refractivity contribution is -0.117. The van der Waals surface area contributed by atoms with Crippen LogP contribution in [0.2, 0.25) is 0 Å². The highest BCUT2D eigenvalue weighted by molar-refractivity contribution is 7.10. The number of thiophene rings is 1. The molecule has 5 heteroatoms. The topological polar surface area (TPSA) is 55.6 Å². The largest absolute Gasteiger partial charge is 0.449 e. The average molecular weight is 286 g/mol. The van der Waals surface area contributed by atoms with E-state index in [4.69, 9.17) is 10.5 Å². The maximum Gasteiger partial charge on any atom is 0.294 e. The number of hydrogen-bond acceptors (Lipinski definition) is 4. The van der Waals surface area contributed by atoms with Gasteiger partial charge in [-0.3, -0.25) is 4.79 Å². The van der Waals surface area contributed by atoms with Gasteiger partial charge in [-0.25, -0.2) is 0 Å². The molecule has 1 aliphatic rings. The maximum atomic E-state index is 12.4. The van der Waals surface area contributed by atoms with Gasteiger partial charge in [0.25, 0.3) is 5.91 Å². The van der Waals surface area contributed by atoms with Gasteiger partial charge in [-0.15, -0.1) is 11.3 Å². The van der Waals surface area contributed by atoms with E-state index in [1.165, 1.54) is 0 Å². The number of carbonyl (C=O) groups excluding carboxylic acids is 1. The molecular weight excluding hydrogens is 272 g/mol. The molecule has 0 radical (unpaired) electrons. The molecule has 3 rings (SSSR count). The van der Waals surface area contributed by atoms with Crippen LogP contribution in [0, 0.1) is 0 Å². The summed E-state index contributed by atoms with van der Waals surface area (Å²) in [7, 11) is 0. The minimum Gasteiger partial charge on any atom is -0.449 e. The molecule has 0 saturated carbocycles. The Hall–Kier alpha value is -2.27. The Bertz CT molecular complexity index is 677. The Labute approximate surface area is 121 Å². The molecule has 102 valence electrons. The van der Waals surface area contributed by atoms with Crippen molar-refractivity contribution in [2.24, 2.45) is 0 Å². The number of carbonyl (C=O) groups is 1. The van der Waals surface area contributed by atoms with E-state index in [0.717, 1.165) is 10.6 Å². The normalized spacial score (nSPS) is 16.1. The van der Waals surface area contributed by atoms with Crippen LogP contribution >= 0.6 is 11.3 Å². The summed E-state index contributed by atoms with van der Waals surface area (Å²) < 4.78 is 5.73. The number of hydrogen-bond donors (Lipinski definition) is 1. The third-order valence-electron chi connectivity index (χ3n) is 3.08. The molecule has 0 aliphatic carbocycles. The Balaban J connectivity index is 2.06. The maximum absolute atomic E-state index is 12.4. The SMILES string of the molecule is CCN1C(=O)/C(=C\c2cccs2)Oc2cc(N)ccc21. The standard InChI is InChI=1S/C15H14N2O2S/c1-2-17-12-6-5-10(16)8-13(12)19-14(15(17)18)9-11-4-3-7-20-11/h3-9H,2,16H2,1H3/b14-9+. The van der Waals surface area contributed by atoms with E-state index in [2.05, 4.69) is 0 Å². The number of amides is 1. The van der Waals surface area contributed by atoms with E-state index >= 15 is 0 Å². The highest BCUT2D eigenvalue weighted by Crippen LogP contribution is 2.37. The van der Waals surface area contributed by atoms with Gasteiger partial charge < -0.3 is 15.4 Å². The van der Waals surface area contributed by atoms with Gasteiger partial charge in [-0.1, -0.05) is 6.07 Å². The molecule has 0 atom stereocenters. The van der Waals surface area contributed by atoms with Crippen molar-refractivity contribution < 1.29 is 9.53 Å². The number of nitrogens with two attached hydrogens (primary N) is 1. The van der Waals surface area contributed by atoms with Gasteiger partial charge in [0.2, 0.25) is 0 Å². The summed E-state index contributed by atoms with van der Waals surface area (Å²) in [6, 6.07) is 9.21. The van der Waals surface area contributed by atoms with Crippen LogP contribution < -0.4 is 15.4 Å². The number of fused-ring (bicyclic) bond motifs is 1. The first-order valence-electron chi connectivity index (χ1n) is 6.33. The van der Waals surface area contributed by atoms with Crippen LogP contribution in [0.25, 0.3) is 6.08 Å². The molecule has 0 bridgehead atoms. The minimum atomic E-state index is -0.127. The molecule has 1 aromatic heterocycles. The summed E-state index contributed by atoms with van der Waals surface area (Å²) in [5, 5.41) is 1.96. The molecule has 0 spiro atoms. The second-order valence-corrected chi connectivity index (χ2v) is 5.38. The fraction of sp³-hybridized carbons (Fsp3) is 0.133. The molecule has 1 aliphatic heterocycles. The monoisotopic (exact) mass is 286 g/mol. The van der Waals surface area contributed by atoms with Gasteiger partial charge in [0.15, 0.2) is 11.5 Å². The molecular formula is C15H14N2O2S. The highest BCUT2D eigenvalue weighted by atomic mass is 32.1. The quantitative estimate of drug-likeness (QED) is 0.681. The number of ether oxygens (including phenoxy) is 1. The van der Waals surface area contributed by atoms with Gasteiger partial charge in [0, 0.05) is 29.3 Å².